The van der Waals surface area contributed by atoms with Crippen LogP contribution >= 0.6 is 0 Å². The van der Waals surface area contributed by atoms with Gasteiger partial charge >= 0.3 is 0 Å². The Labute approximate surface area is 79.0 Å². The molecule has 0 fully saturated rings. The number of hydrogen-bond donors (Lipinski definition) is 0. The van der Waals surface area contributed by atoms with Crippen molar-refractivity contribution < 1.29 is 4.74 Å². The van der Waals surface area contributed by atoms with Crippen LogP contribution in [0.1, 0.15) is 26.3 Å². The Morgan fingerprint density at radius 2 is 2.08 bits per heavy atom. The predicted molar refractivity (Wildman–Crippen MR) is 52.6 cm³/mol. The molecule has 1 heterocycles. The van der Waals surface area contributed by atoms with Gasteiger partial charge in [0.05, 0.1) is 6.20 Å². The second-order valence-corrected chi connectivity index (χ2v) is 3.77. The van der Waals surface area contributed by atoms with E-state index in [4.69, 9.17) is 11.2 Å². The Kier molecular flexibility index (Phi) is 2.57. The Morgan fingerprint density at radius 1 is 1.38 bits per heavy atom. The van der Waals surface area contributed by atoms with E-state index in [1.807, 2.05) is 20.8 Å². The van der Waals surface area contributed by atoms with Gasteiger partial charge in [0.2, 0.25) is 0 Å². The summed E-state index contributed by atoms with van der Waals surface area (Å²) in [4.78, 5) is 3.97. The van der Waals surface area contributed by atoms with Gasteiger partial charge in [-0.2, -0.15) is 0 Å². The summed E-state index contributed by atoms with van der Waals surface area (Å²) in [6.45, 7) is 5.95. The Hall–Kier alpha value is -1.49. The zero-order valence-electron chi connectivity index (χ0n) is 8.16. The Bertz CT molecular complexity index is 331. The van der Waals surface area contributed by atoms with Gasteiger partial charge in [0.1, 0.15) is 11.4 Å². The van der Waals surface area contributed by atoms with Gasteiger partial charge in [-0.1, -0.05) is 5.92 Å². The number of ether oxygens (including phenoxy) is 1. The topological polar surface area (TPSA) is 22.1 Å². The van der Waals surface area contributed by atoms with Crippen molar-refractivity contribution in [2.75, 3.05) is 0 Å². The van der Waals surface area contributed by atoms with Crippen LogP contribution in [-0.4, -0.2) is 10.6 Å². The number of terminal acetylenes is 1. The van der Waals surface area contributed by atoms with Gasteiger partial charge in [-0.15, -0.1) is 6.42 Å². The van der Waals surface area contributed by atoms with E-state index in [1.54, 1.807) is 18.5 Å². The van der Waals surface area contributed by atoms with Crippen LogP contribution in [0, 0.1) is 12.3 Å². The Balaban J connectivity index is 2.86. The molecule has 0 saturated carbocycles. The molecule has 0 aliphatic heterocycles. The molecule has 2 heteroatoms. The van der Waals surface area contributed by atoms with Crippen LogP contribution < -0.4 is 4.74 Å². The van der Waals surface area contributed by atoms with Crippen molar-refractivity contribution in [1.82, 2.24) is 4.98 Å². The molecule has 13 heavy (non-hydrogen) atoms. The van der Waals surface area contributed by atoms with E-state index < -0.39 is 0 Å². The number of nitrogens with zero attached hydrogens (tertiary/aromatic N) is 1. The first kappa shape index (κ1) is 9.60. The van der Waals surface area contributed by atoms with Crippen molar-refractivity contribution in [2.24, 2.45) is 0 Å². The molecule has 0 bridgehead atoms. The third kappa shape index (κ3) is 3.16. The molecule has 0 spiro atoms. The van der Waals surface area contributed by atoms with Gasteiger partial charge in [-0.3, -0.25) is 4.98 Å². The van der Waals surface area contributed by atoms with Crippen LogP contribution in [0.25, 0.3) is 0 Å². The minimum atomic E-state index is -0.213. The molecule has 0 N–H and O–H groups in total. The second-order valence-electron chi connectivity index (χ2n) is 3.77. The first-order valence-corrected chi connectivity index (χ1v) is 4.12. The van der Waals surface area contributed by atoms with Crippen LogP contribution in [-0.2, 0) is 0 Å². The van der Waals surface area contributed by atoms with Crippen molar-refractivity contribution >= 4 is 0 Å². The third-order valence-corrected chi connectivity index (χ3v) is 1.30. The SMILES string of the molecule is C#Cc1cncc(OC(C)(C)C)c1. The number of hydrogen-bond acceptors (Lipinski definition) is 2. The van der Waals surface area contributed by atoms with Gasteiger partial charge in [0.25, 0.3) is 0 Å². The summed E-state index contributed by atoms with van der Waals surface area (Å²) in [6.07, 6.45) is 8.53. The minimum Gasteiger partial charge on any atom is -0.486 e. The molecular formula is C11H13NO. The summed E-state index contributed by atoms with van der Waals surface area (Å²) >= 11 is 0. The van der Waals surface area contributed by atoms with Gasteiger partial charge in [-0.25, -0.2) is 0 Å². The first-order chi connectivity index (χ1) is 6.01. The molecule has 2 nitrogen and oxygen atoms in total. The minimum absolute atomic E-state index is 0.213. The van der Waals surface area contributed by atoms with E-state index in [2.05, 4.69) is 10.9 Å². The highest BCUT2D eigenvalue weighted by atomic mass is 16.5. The van der Waals surface area contributed by atoms with E-state index in [1.165, 1.54) is 0 Å². The zero-order chi connectivity index (χ0) is 9.90. The monoisotopic (exact) mass is 175 g/mol. The van der Waals surface area contributed by atoms with Crippen molar-refractivity contribution in [2.45, 2.75) is 26.4 Å². The lowest BCUT2D eigenvalue weighted by Gasteiger charge is -2.20. The molecule has 0 saturated heterocycles. The molecule has 68 valence electrons. The van der Waals surface area contributed by atoms with E-state index in [9.17, 15) is 0 Å². The van der Waals surface area contributed by atoms with Crippen molar-refractivity contribution in [1.29, 1.82) is 0 Å². The van der Waals surface area contributed by atoms with Gasteiger partial charge in [-0.05, 0) is 26.8 Å². The highest BCUT2D eigenvalue weighted by Gasteiger charge is 2.11. The maximum absolute atomic E-state index is 5.59. The third-order valence-electron chi connectivity index (χ3n) is 1.30. The number of pyridine rings is 1. The average Bonchev–Trinajstić information content (AvgIpc) is 2.01. The molecule has 1 aromatic rings. The average molecular weight is 175 g/mol. The molecule has 0 aliphatic rings. The summed E-state index contributed by atoms with van der Waals surface area (Å²) in [5.41, 5.74) is 0.524. The fraction of sp³-hybridized carbons (Fsp3) is 0.364. The van der Waals surface area contributed by atoms with Crippen LogP contribution in [0.15, 0.2) is 18.5 Å². The molecule has 1 rings (SSSR count). The smallest absolute Gasteiger partial charge is 0.139 e. The van der Waals surface area contributed by atoms with E-state index in [-0.39, 0.29) is 5.60 Å². The summed E-state index contributed by atoms with van der Waals surface area (Å²) in [5, 5.41) is 0. The zero-order valence-corrected chi connectivity index (χ0v) is 8.16. The molecule has 0 radical (unpaired) electrons. The molecule has 0 amide bonds. The summed E-state index contributed by atoms with van der Waals surface area (Å²) < 4.78 is 5.59. The maximum Gasteiger partial charge on any atom is 0.139 e. The van der Waals surface area contributed by atoms with Crippen molar-refractivity contribution in [3.05, 3.63) is 24.0 Å². The normalized spacial score (nSPS) is 10.6. The lowest BCUT2D eigenvalue weighted by atomic mass is 10.2. The van der Waals surface area contributed by atoms with Crippen molar-refractivity contribution in [3.63, 3.8) is 0 Å². The lowest BCUT2D eigenvalue weighted by Crippen LogP contribution is -2.23. The second kappa shape index (κ2) is 3.49. The van der Waals surface area contributed by atoms with Gasteiger partial charge in [0, 0.05) is 11.8 Å². The first-order valence-electron chi connectivity index (χ1n) is 4.12. The van der Waals surface area contributed by atoms with Crippen molar-refractivity contribution in [3.8, 4) is 18.1 Å². The van der Waals surface area contributed by atoms with Crippen LogP contribution in [0.5, 0.6) is 5.75 Å². The van der Waals surface area contributed by atoms with Gasteiger partial charge < -0.3 is 4.74 Å². The van der Waals surface area contributed by atoms with E-state index in [0.29, 0.717) is 5.75 Å². The summed E-state index contributed by atoms with van der Waals surface area (Å²) in [7, 11) is 0. The molecule has 0 atom stereocenters. The summed E-state index contributed by atoms with van der Waals surface area (Å²) in [5.74, 6) is 3.22. The molecule has 0 unspecified atom stereocenters. The van der Waals surface area contributed by atoms with Crippen LogP contribution in [0.4, 0.5) is 0 Å². The molecule has 1 aromatic heterocycles. The van der Waals surface area contributed by atoms with Gasteiger partial charge in [0.15, 0.2) is 0 Å². The van der Waals surface area contributed by atoms with Crippen LogP contribution in [0.3, 0.4) is 0 Å². The molecule has 0 aromatic carbocycles. The number of aromatic nitrogens is 1. The maximum atomic E-state index is 5.59. The summed E-state index contributed by atoms with van der Waals surface area (Å²) in [6, 6.07) is 1.80. The fourth-order valence-corrected chi connectivity index (χ4v) is 0.907. The predicted octanol–water partition coefficient (Wildman–Crippen LogP) is 2.24. The van der Waals surface area contributed by atoms with E-state index >= 15 is 0 Å². The van der Waals surface area contributed by atoms with Crippen LogP contribution in [0.2, 0.25) is 0 Å². The largest absolute Gasteiger partial charge is 0.486 e. The molecular weight excluding hydrogens is 162 g/mol. The highest BCUT2D eigenvalue weighted by molar-refractivity contribution is 5.35. The quantitative estimate of drug-likeness (QED) is 0.611. The Morgan fingerprint density at radius 3 is 2.62 bits per heavy atom. The molecule has 0 aliphatic carbocycles. The number of rotatable bonds is 1. The van der Waals surface area contributed by atoms with E-state index in [0.717, 1.165) is 5.56 Å². The highest BCUT2D eigenvalue weighted by Crippen LogP contribution is 2.17. The fourth-order valence-electron chi connectivity index (χ4n) is 0.907. The standard InChI is InChI=1S/C11H13NO/c1-5-9-6-10(8-12-7-9)13-11(2,3)4/h1,6-8H,2-4H3. The lowest BCUT2D eigenvalue weighted by molar-refractivity contribution is 0.130.